The molecule has 0 spiro atoms. The summed E-state index contributed by atoms with van der Waals surface area (Å²) >= 11 is 0. The standard InChI is InChI=1S/C101H191N2O21P/c1-8-14-20-26-32-38-40-42-44-50-56-62-68-74-90(109)118-84(72-66-60-54-48-36-30-24-18-12-5)78-89(108)103-95-99(122-92(111)77-83(106)71-65-59-53-47-35-29-23-17-11-4)97(114)87(121-101(95)124-125(7,115)116)81-117-100-94(102-88(107)76-82(105)70-64-58-52-46-34-28-22-16-10-3)98(96(113)86(80-104)120-100)123-93(112)79-85(73-67-61-55-49-37-31-25-19-13-6)119-91(110)75-69-63-57-51-45-43-41-39-33-27-21-15-9-2/h82-87,94-101,104-106,113-114H,8-81H2,1-7H3,(H,102,107)(H,103,108)(H,115,116)/t82?,83?,84?,85?,86?,87?,94?,95?,96?,97-,98-,99-,100-,101?/m1/s1. The van der Waals surface area contributed by atoms with Crippen molar-refractivity contribution in [2.24, 2.45) is 0 Å². The van der Waals surface area contributed by atoms with E-state index in [2.05, 4.69) is 52.2 Å². The van der Waals surface area contributed by atoms with Crippen molar-refractivity contribution in [2.45, 2.75) is 590 Å². The fraction of sp³-hybridized carbons (Fsp3) is 0.941. The van der Waals surface area contributed by atoms with Crippen LogP contribution in [0.5, 0.6) is 0 Å². The van der Waals surface area contributed by atoms with Gasteiger partial charge in [-0.2, -0.15) is 0 Å². The van der Waals surface area contributed by atoms with Crippen molar-refractivity contribution in [3.63, 3.8) is 0 Å². The lowest BCUT2D eigenvalue weighted by Crippen LogP contribution is -2.67. The zero-order valence-electron chi connectivity index (χ0n) is 80.7. The lowest BCUT2D eigenvalue weighted by Gasteiger charge is -2.46. The Morgan fingerprint density at radius 2 is 0.600 bits per heavy atom. The molecular formula is C101H191N2O21P. The summed E-state index contributed by atoms with van der Waals surface area (Å²) in [4.78, 5) is 96.8. The Bertz CT molecular complexity index is 2620. The number of aliphatic hydroxyl groups excluding tert-OH is 5. The molecule has 0 bridgehead atoms. The van der Waals surface area contributed by atoms with Gasteiger partial charge in [0.05, 0.1) is 51.1 Å². The first-order valence-electron chi connectivity index (χ1n) is 52.2. The van der Waals surface area contributed by atoms with Gasteiger partial charge in [0.15, 0.2) is 24.8 Å². The van der Waals surface area contributed by atoms with Crippen molar-refractivity contribution >= 4 is 43.3 Å². The Hall–Kier alpha value is -3.35. The number of unbranched alkanes of at least 4 members (excludes halogenated alkanes) is 56. The molecule has 2 heterocycles. The smallest absolute Gasteiger partial charge is 0.327 e. The number of hydrogen-bond acceptors (Lipinski definition) is 20. The number of aliphatic hydroxyl groups is 5. The van der Waals surface area contributed by atoms with Crippen molar-refractivity contribution in [3.8, 4) is 0 Å². The molecule has 0 aliphatic carbocycles. The van der Waals surface area contributed by atoms with Gasteiger partial charge in [0.1, 0.15) is 48.7 Å². The number of amides is 2. The van der Waals surface area contributed by atoms with E-state index in [4.69, 9.17) is 37.7 Å². The van der Waals surface area contributed by atoms with Crippen LogP contribution in [0, 0.1) is 0 Å². The number of nitrogens with one attached hydrogen (secondary N) is 2. The molecule has 2 fully saturated rings. The van der Waals surface area contributed by atoms with Gasteiger partial charge in [-0.1, -0.05) is 414 Å². The van der Waals surface area contributed by atoms with Crippen LogP contribution in [0.15, 0.2) is 0 Å². The van der Waals surface area contributed by atoms with E-state index in [9.17, 15) is 63.8 Å². The third-order valence-electron chi connectivity index (χ3n) is 25.2. The molecule has 15 atom stereocenters. The molecule has 736 valence electrons. The van der Waals surface area contributed by atoms with Crippen molar-refractivity contribution in [3.05, 3.63) is 0 Å². The van der Waals surface area contributed by atoms with Gasteiger partial charge in [0.25, 0.3) is 0 Å². The van der Waals surface area contributed by atoms with Crippen LogP contribution in [0.25, 0.3) is 0 Å². The SMILES string of the molecule is CCCCCCCCCCCCCCCC(=O)OC(CCCCCCCCCCC)CC(=O)NC1C(OP(C)(=O)O)OC(CO[C@@H]2OC(CO)C(O)[C@H](OC(=O)CC(CCCCCCCCCCC)OC(=O)CCCCCCCCCCCCCCC)C2NC(=O)CC(O)CCCCCCCCCCC)[C@@H](O)[C@@H]1OC(=O)CC(O)CCCCCCCCCCC. The Morgan fingerprint density at radius 1 is 0.336 bits per heavy atom. The predicted octanol–water partition coefficient (Wildman–Crippen LogP) is 23.5. The van der Waals surface area contributed by atoms with Crippen molar-refractivity contribution in [1.82, 2.24) is 10.6 Å². The van der Waals surface area contributed by atoms with E-state index in [1.54, 1.807) is 0 Å². The maximum Gasteiger partial charge on any atom is 0.327 e. The second-order valence-electron chi connectivity index (χ2n) is 37.4. The predicted molar refractivity (Wildman–Crippen MR) is 501 cm³/mol. The van der Waals surface area contributed by atoms with E-state index in [1.807, 2.05) is 0 Å². The highest BCUT2D eigenvalue weighted by molar-refractivity contribution is 7.51. The van der Waals surface area contributed by atoms with Crippen LogP contribution in [-0.2, 0) is 71.0 Å². The summed E-state index contributed by atoms with van der Waals surface area (Å²) in [6, 6.07) is -3.36. The van der Waals surface area contributed by atoms with Crippen LogP contribution in [-0.4, -0.2) is 172 Å². The Balaban J connectivity index is 2.65. The van der Waals surface area contributed by atoms with Gasteiger partial charge in [-0.05, 0) is 51.4 Å². The molecule has 8 N–H and O–H groups in total. The molecule has 2 saturated heterocycles. The second kappa shape index (κ2) is 80.3. The van der Waals surface area contributed by atoms with E-state index >= 15 is 0 Å². The minimum absolute atomic E-state index is 0.160. The average molecular weight is 1800 g/mol. The van der Waals surface area contributed by atoms with E-state index in [-0.39, 0.29) is 25.7 Å². The van der Waals surface area contributed by atoms with Crippen LogP contribution in [0.1, 0.15) is 504 Å². The number of ether oxygens (including phenoxy) is 7. The monoisotopic (exact) mass is 1800 g/mol. The van der Waals surface area contributed by atoms with E-state index < -0.39 is 161 Å². The minimum Gasteiger partial charge on any atom is -0.462 e. The summed E-state index contributed by atoms with van der Waals surface area (Å²) in [5.41, 5.74) is 0. The van der Waals surface area contributed by atoms with Gasteiger partial charge in [0, 0.05) is 19.5 Å². The first kappa shape index (κ1) is 118. The van der Waals surface area contributed by atoms with Gasteiger partial charge >= 0.3 is 31.5 Å². The highest BCUT2D eigenvalue weighted by Gasteiger charge is 2.53. The van der Waals surface area contributed by atoms with Gasteiger partial charge in [-0.25, -0.2) is 0 Å². The molecule has 0 saturated carbocycles. The Morgan fingerprint density at radius 3 is 0.928 bits per heavy atom. The first-order valence-corrected chi connectivity index (χ1v) is 54.3. The highest BCUT2D eigenvalue weighted by atomic mass is 31.2. The molecule has 0 aromatic heterocycles. The maximum atomic E-state index is 14.8. The second-order valence-corrected chi connectivity index (χ2v) is 39.2. The van der Waals surface area contributed by atoms with E-state index in [1.165, 1.54) is 161 Å². The molecule has 2 aliphatic rings. The Kier molecular flexibility index (Phi) is 75.6. The van der Waals surface area contributed by atoms with Crippen LogP contribution >= 0.6 is 7.60 Å². The molecular weight excluding hydrogens is 1610 g/mol. The molecule has 2 rings (SSSR count). The summed E-state index contributed by atoms with van der Waals surface area (Å²) in [7, 11) is -4.65. The summed E-state index contributed by atoms with van der Waals surface area (Å²) in [6.45, 7) is 12.4. The number of rotatable bonds is 88. The van der Waals surface area contributed by atoms with Crippen molar-refractivity contribution in [2.75, 3.05) is 19.9 Å². The average Bonchev–Trinajstić information content (AvgIpc) is 0.784. The van der Waals surface area contributed by atoms with E-state index in [0.717, 1.165) is 206 Å². The fourth-order valence-corrected chi connectivity index (χ4v) is 18.0. The lowest BCUT2D eigenvalue weighted by atomic mass is 9.95. The van der Waals surface area contributed by atoms with Gasteiger partial charge < -0.3 is 74.2 Å². The first-order chi connectivity index (χ1) is 60.6. The van der Waals surface area contributed by atoms with Crippen LogP contribution < -0.4 is 10.6 Å². The summed E-state index contributed by atoms with van der Waals surface area (Å²) in [5, 5.41) is 64.2. The third-order valence-corrected chi connectivity index (χ3v) is 25.8. The number of hydrogen-bond donors (Lipinski definition) is 8. The lowest BCUT2D eigenvalue weighted by molar-refractivity contribution is -0.297. The molecule has 2 aliphatic heterocycles. The van der Waals surface area contributed by atoms with Crippen LogP contribution in [0.2, 0.25) is 0 Å². The normalized spacial score (nSPS) is 20.5. The molecule has 2 amide bonds. The van der Waals surface area contributed by atoms with Crippen molar-refractivity contribution in [1.29, 1.82) is 0 Å². The molecule has 125 heavy (non-hydrogen) atoms. The zero-order valence-corrected chi connectivity index (χ0v) is 81.6. The topological polar surface area (TPSA) is 339 Å². The number of carbonyl (C=O) groups excluding carboxylic acids is 6. The Labute approximate surface area is 760 Å². The van der Waals surface area contributed by atoms with E-state index in [0.29, 0.717) is 57.8 Å². The van der Waals surface area contributed by atoms with Crippen LogP contribution in [0.3, 0.4) is 0 Å². The van der Waals surface area contributed by atoms with Gasteiger partial charge in [-0.15, -0.1) is 0 Å². The molecule has 0 aromatic rings. The maximum absolute atomic E-state index is 14.8. The highest BCUT2D eigenvalue weighted by Crippen LogP contribution is 2.42. The van der Waals surface area contributed by atoms with Crippen molar-refractivity contribution < 1.29 is 101 Å². The molecule has 0 aromatic carbocycles. The third kappa shape index (κ3) is 64.2. The number of carbonyl (C=O) groups is 6. The molecule has 23 nitrogen and oxygen atoms in total. The van der Waals surface area contributed by atoms with Gasteiger partial charge in [0.2, 0.25) is 11.8 Å². The number of esters is 4. The summed E-state index contributed by atoms with van der Waals surface area (Å²) in [6.07, 6.45) is 48.3. The molecule has 11 unspecified atom stereocenters. The summed E-state index contributed by atoms with van der Waals surface area (Å²) < 4.78 is 63.0. The summed E-state index contributed by atoms with van der Waals surface area (Å²) in [5.74, 6) is -4.28. The largest absolute Gasteiger partial charge is 0.462 e. The fourth-order valence-electron chi connectivity index (χ4n) is 17.4. The molecule has 0 radical (unpaired) electrons. The van der Waals surface area contributed by atoms with Crippen LogP contribution in [0.4, 0.5) is 0 Å². The quantitative estimate of drug-likeness (QED) is 0.0121. The van der Waals surface area contributed by atoms with Gasteiger partial charge in [-0.3, -0.25) is 37.9 Å². The minimum atomic E-state index is -4.65. The zero-order chi connectivity index (χ0) is 91.4. The molecule has 24 heteroatoms.